The van der Waals surface area contributed by atoms with E-state index in [1.54, 1.807) is 20.8 Å². The quantitative estimate of drug-likeness (QED) is 0.351. The SMILES string of the molecule is CC(C)(C)OC(=O)NCCCCNC(N)=NCc1ccc(OC(F)(F)F)cc1. The first-order valence-electron chi connectivity index (χ1n) is 8.80. The Kier molecular flexibility index (Phi) is 8.87. The zero-order chi connectivity index (χ0) is 21.2. The Balaban J connectivity index is 2.21. The van der Waals surface area contributed by atoms with Crippen molar-refractivity contribution >= 4 is 12.1 Å². The summed E-state index contributed by atoms with van der Waals surface area (Å²) in [7, 11) is 0. The van der Waals surface area contributed by atoms with Gasteiger partial charge >= 0.3 is 12.5 Å². The number of alkyl carbamates (subject to hydrolysis) is 1. The smallest absolute Gasteiger partial charge is 0.444 e. The summed E-state index contributed by atoms with van der Waals surface area (Å²) in [5.41, 5.74) is 5.91. The molecule has 10 heteroatoms. The zero-order valence-corrected chi connectivity index (χ0v) is 16.2. The number of guanidine groups is 1. The molecule has 0 atom stereocenters. The molecule has 0 aliphatic carbocycles. The van der Waals surface area contributed by atoms with Crippen molar-refractivity contribution in [3.05, 3.63) is 29.8 Å². The number of hydrogen-bond acceptors (Lipinski definition) is 4. The van der Waals surface area contributed by atoms with Crippen LogP contribution in [-0.4, -0.2) is 37.1 Å². The lowest BCUT2D eigenvalue weighted by atomic mass is 10.2. The minimum atomic E-state index is -4.71. The third-order valence-corrected chi connectivity index (χ3v) is 3.17. The maximum absolute atomic E-state index is 12.1. The molecule has 0 fully saturated rings. The van der Waals surface area contributed by atoms with Crippen LogP contribution in [0.2, 0.25) is 0 Å². The summed E-state index contributed by atoms with van der Waals surface area (Å²) in [6.45, 7) is 6.67. The Morgan fingerprint density at radius 1 is 1.07 bits per heavy atom. The fourth-order valence-electron chi connectivity index (χ4n) is 2.00. The topological polar surface area (TPSA) is 98.0 Å². The highest BCUT2D eigenvalue weighted by molar-refractivity contribution is 5.77. The molecule has 7 nitrogen and oxygen atoms in total. The van der Waals surface area contributed by atoms with Crippen molar-refractivity contribution in [3.8, 4) is 5.75 Å². The van der Waals surface area contributed by atoms with Gasteiger partial charge in [-0.1, -0.05) is 12.1 Å². The van der Waals surface area contributed by atoms with Crippen molar-refractivity contribution in [2.45, 2.75) is 52.1 Å². The van der Waals surface area contributed by atoms with Gasteiger partial charge in [0.05, 0.1) is 6.54 Å². The second-order valence-electron chi connectivity index (χ2n) is 6.96. The maximum atomic E-state index is 12.1. The standard InChI is InChI=1S/C18H27F3N4O3/c1-17(2,3)28-16(26)24-11-5-4-10-23-15(22)25-12-13-6-8-14(9-7-13)27-18(19,20)21/h6-9H,4-5,10-12H2,1-3H3,(H,24,26)(H3,22,23,25). The van der Waals surface area contributed by atoms with Crippen molar-refractivity contribution in [1.82, 2.24) is 10.6 Å². The monoisotopic (exact) mass is 404 g/mol. The second kappa shape index (κ2) is 10.6. The highest BCUT2D eigenvalue weighted by Crippen LogP contribution is 2.22. The van der Waals surface area contributed by atoms with E-state index in [0.29, 0.717) is 18.7 Å². The number of carbonyl (C=O) groups is 1. The minimum Gasteiger partial charge on any atom is -0.444 e. The van der Waals surface area contributed by atoms with Crippen LogP contribution in [0, 0.1) is 0 Å². The molecule has 0 bridgehead atoms. The lowest BCUT2D eigenvalue weighted by Crippen LogP contribution is -2.34. The molecule has 4 N–H and O–H groups in total. The number of nitrogens with two attached hydrogens (primary N) is 1. The number of aliphatic imine (C=N–C) groups is 1. The number of alkyl halides is 3. The summed E-state index contributed by atoms with van der Waals surface area (Å²) in [4.78, 5) is 15.6. The fraction of sp³-hybridized carbons (Fsp3) is 0.556. The molecule has 0 radical (unpaired) electrons. The van der Waals surface area contributed by atoms with Gasteiger partial charge in [-0.2, -0.15) is 0 Å². The minimum absolute atomic E-state index is 0.228. The molecular formula is C18H27F3N4O3. The second-order valence-corrected chi connectivity index (χ2v) is 6.96. The van der Waals surface area contributed by atoms with Gasteiger partial charge in [0.25, 0.3) is 0 Å². The lowest BCUT2D eigenvalue weighted by Gasteiger charge is -2.19. The molecule has 0 aliphatic heterocycles. The van der Waals surface area contributed by atoms with Gasteiger partial charge in [-0.05, 0) is 51.3 Å². The summed E-state index contributed by atoms with van der Waals surface area (Å²) >= 11 is 0. The van der Waals surface area contributed by atoms with E-state index in [0.717, 1.165) is 12.8 Å². The van der Waals surface area contributed by atoms with E-state index in [-0.39, 0.29) is 18.3 Å². The van der Waals surface area contributed by atoms with Gasteiger partial charge in [-0.3, -0.25) is 0 Å². The highest BCUT2D eigenvalue weighted by atomic mass is 19.4. The predicted octanol–water partition coefficient (Wildman–Crippen LogP) is 3.29. The van der Waals surface area contributed by atoms with Gasteiger partial charge in [0.1, 0.15) is 11.4 Å². The number of unbranched alkanes of at least 4 members (excludes halogenated alkanes) is 1. The van der Waals surface area contributed by atoms with E-state index in [4.69, 9.17) is 10.5 Å². The van der Waals surface area contributed by atoms with Crippen molar-refractivity contribution in [3.63, 3.8) is 0 Å². The summed E-state index contributed by atoms with van der Waals surface area (Å²) in [5.74, 6) is -0.0537. The number of benzene rings is 1. The molecule has 0 aliphatic rings. The van der Waals surface area contributed by atoms with E-state index in [9.17, 15) is 18.0 Å². The number of hydrogen-bond donors (Lipinski definition) is 3. The van der Waals surface area contributed by atoms with E-state index in [2.05, 4.69) is 20.4 Å². The Morgan fingerprint density at radius 2 is 1.64 bits per heavy atom. The van der Waals surface area contributed by atoms with Crippen LogP contribution in [0.15, 0.2) is 29.3 Å². The molecule has 0 heterocycles. The van der Waals surface area contributed by atoms with Crippen LogP contribution >= 0.6 is 0 Å². The number of carbonyl (C=O) groups excluding carboxylic acids is 1. The third kappa shape index (κ3) is 11.9. The van der Waals surface area contributed by atoms with Crippen molar-refractivity contribution < 1.29 is 27.4 Å². The molecule has 0 aromatic heterocycles. The number of amides is 1. The average molecular weight is 404 g/mol. The lowest BCUT2D eigenvalue weighted by molar-refractivity contribution is -0.274. The van der Waals surface area contributed by atoms with Crippen molar-refractivity contribution in [2.24, 2.45) is 10.7 Å². The van der Waals surface area contributed by atoms with E-state index < -0.39 is 18.1 Å². The Morgan fingerprint density at radius 3 is 2.18 bits per heavy atom. The first-order chi connectivity index (χ1) is 12.9. The Labute approximate surface area is 162 Å². The van der Waals surface area contributed by atoms with E-state index in [1.165, 1.54) is 24.3 Å². The van der Waals surface area contributed by atoms with Crippen LogP contribution < -0.4 is 21.1 Å². The van der Waals surface area contributed by atoms with E-state index in [1.807, 2.05) is 0 Å². The number of nitrogens with one attached hydrogen (secondary N) is 2. The summed E-state index contributed by atoms with van der Waals surface area (Å²) in [5, 5.41) is 5.59. The number of ether oxygens (including phenoxy) is 2. The predicted molar refractivity (Wildman–Crippen MR) is 99.9 cm³/mol. The molecule has 0 spiro atoms. The Hall–Kier alpha value is -2.65. The van der Waals surface area contributed by atoms with Gasteiger partial charge in [0, 0.05) is 13.1 Å². The van der Waals surface area contributed by atoms with Crippen LogP contribution in [0.25, 0.3) is 0 Å². The molecule has 1 amide bonds. The zero-order valence-electron chi connectivity index (χ0n) is 16.2. The average Bonchev–Trinajstić information content (AvgIpc) is 2.54. The molecule has 0 unspecified atom stereocenters. The number of nitrogens with zero attached hydrogens (tertiary/aromatic N) is 1. The maximum Gasteiger partial charge on any atom is 0.573 e. The van der Waals surface area contributed by atoms with Crippen LogP contribution in [0.1, 0.15) is 39.2 Å². The molecule has 0 saturated carbocycles. The first kappa shape index (κ1) is 23.4. The van der Waals surface area contributed by atoms with Gasteiger partial charge in [-0.25, -0.2) is 9.79 Å². The van der Waals surface area contributed by atoms with Gasteiger partial charge < -0.3 is 25.8 Å². The van der Waals surface area contributed by atoms with Crippen molar-refractivity contribution in [1.29, 1.82) is 0 Å². The van der Waals surface area contributed by atoms with Crippen LogP contribution in [0.3, 0.4) is 0 Å². The molecule has 28 heavy (non-hydrogen) atoms. The van der Waals surface area contributed by atoms with Crippen molar-refractivity contribution in [2.75, 3.05) is 13.1 Å². The first-order valence-corrected chi connectivity index (χ1v) is 8.80. The molecule has 0 saturated heterocycles. The van der Waals surface area contributed by atoms with Gasteiger partial charge in [-0.15, -0.1) is 13.2 Å². The number of halogens is 3. The van der Waals surface area contributed by atoms with Crippen LogP contribution in [0.4, 0.5) is 18.0 Å². The Bertz CT molecular complexity index is 641. The normalized spacial score (nSPS) is 12.4. The molecular weight excluding hydrogens is 377 g/mol. The van der Waals surface area contributed by atoms with Crippen LogP contribution in [-0.2, 0) is 11.3 Å². The highest BCUT2D eigenvalue weighted by Gasteiger charge is 2.30. The van der Waals surface area contributed by atoms with Crippen LogP contribution in [0.5, 0.6) is 5.75 Å². The molecule has 1 rings (SSSR count). The van der Waals surface area contributed by atoms with Gasteiger partial charge in [0.2, 0.25) is 0 Å². The van der Waals surface area contributed by atoms with Gasteiger partial charge in [0.15, 0.2) is 5.96 Å². The largest absolute Gasteiger partial charge is 0.573 e. The molecule has 158 valence electrons. The third-order valence-electron chi connectivity index (χ3n) is 3.17. The fourth-order valence-corrected chi connectivity index (χ4v) is 2.00. The summed E-state index contributed by atoms with van der Waals surface area (Å²) in [6.07, 6.45) is -3.67. The summed E-state index contributed by atoms with van der Waals surface area (Å²) < 4.78 is 45.2. The molecule has 1 aromatic carbocycles. The summed E-state index contributed by atoms with van der Waals surface area (Å²) in [6, 6.07) is 5.42. The van der Waals surface area contributed by atoms with E-state index >= 15 is 0 Å². The molecule has 1 aromatic rings. The number of rotatable bonds is 8.